The Morgan fingerprint density at radius 2 is 2.00 bits per heavy atom. The van der Waals surface area contributed by atoms with Gasteiger partial charge in [-0.1, -0.05) is 18.2 Å². The molecule has 0 unspecified atom stereocenters. The van der Waals surface area contributed by atoms with Crippen LogP contribution in [0, 0.1) is 0 Å². The number of para-hydroxylation sites is 1. The highest BCUT2D eigenvalue weighted by atomic mass is 16.2. The molecular formula is C18H22N4O3. The van der Waals surface area contributed by atoms with Crippen LogP contribution in [0.2, 0.25) is 0 Å². The van der Waals surface area contributed by atoms with Crippen LogP contribution < -0.4 is 11.1 Å². The summed E-state index contributed by atoms with van der Waals surface area (Å²) < 4.78 is 0. The van der Waals surface area contributed by atoms with Gasteiger partial charge in [-0.25, -0.2) is 0 Å². The summed E-state index contributed by atoms with van der Waals surface area (Å²) in [5.74, 6) is -1.11. The number of benzene rings is 1. The molecule has 7 heteroatoms. The zero-order valence-electron chi connectivity index (χ0n) is 14.4. The number of hydrogen-bond donors (Lipinski definition) is 2. The maximum atomic E-state index is 12.6. The van der Waals surface area contributed by atoms with Crippen LogP contribution in [0.25, 0.3) is 10.9 Å². The molecule has 0 bridgehead atoms. The van der Waals surface area contributed by atoms with Crippen LogP contribution in [0.5, 0.6) is 0 Å². The van der Waals surface area contributed by atoms with Gasteiger partial charge in [-0.3, -0.25) is 19.4 Å². The zero-order valence-corrected chi connectivity index (χ0v) is 14.4. The fourth-order valence-corrected chi connectivity index (χ4v) is 2.61. The van der Waals surface area contributed by atoms with Gasteiger partial charge in [-0.05, 0) is 24.1 Å². The molecule has 25 heavy (non-hydrogen) atoms. The van der Waals surface area contributed by atoms with Crippen LogP contribution in [0.3, 0.4) is 0 Å². The average molecular weight is 342 g/mol. The molecule has 0 saturated heterocycles. The monoisotopic (exact) mass is 342 g/mol. The van der Waals surface area contributed by atoms with Crippen LogP contribution in [-0.2, 0) is 20.9 Å². The van der Waals surface area contributed by atoms with Gasteiger partial charge in [-0.15, -0.1) is 0 Å². The molecule has 0 fully saturated rings. The summed E-state index contributed by atoms with van der Waals surface area (Å²) in [6.45, 7) is 1.68. The predicted octanol–water partition coefficient (Wildman–Crippen LogP) is 0.963. The molecule has 7 nitrogen and oxygen atoms in total. The minimum absolute atomic E-state index is 0.0298. The minimum atomic E-state index is -0.775. The highest BCUT2D eigenvalue weighted by molar-refractivity contribution is 5.87. The molecule has 1 aromatic carbocycles. The lowest BCUT2D eigenvalue weighted by Gasteiger charge is -2.24. The number of hydrogen-bond acceptors (Lipinski definition) is 4. The molecule has 3 amide bonds. The molecule has 2 aromatic rings. The number of rotatable bonds is 7. The van der Waals surface area contributed by atoms with Gasteiger partial charge in [0.15, 0.2) is 0 Å². The zero-order chi connectivity index (χ0) is 18.4. The van der Waals surface area contributed by atoms with Crippen LogP contribution in [0.1, 0.15) is 25.3 Å². The molecule has 1 atom stereocenters. The van der Waals surface area contributed by atoms with E-state index in [0.717, 1.165) is 16.5 Å². The fraction of sp³-hybridized carbons (Fsp3) is 0.333. The van der Waals surface area contributed by atoms with Gasteiger partial charge in [-0.2, -0.15) is 0 Å². The highest BCUT2D eigenvalue weighted by Gasteiger charge is 2.23. The second kappa shape index (κ2) is 8.23. The Morgan fingerprint density at radius 1 is 1.28 bits per heavy atom. The van der Waals surface area contributed by atoms with Crippen molar-refractivity contribution in [2.45, 2.75) is 32.4 Å². The smallest absolute Gasteiger partial charge is 0.245 e. The fourth-order valence-electron chi connectivity index (χ4n) is 2.61. The Morgan fingerprint density at radius 3 is 2.68 bits per heavy atom. The van der Waals surface area contributed by atoms with Crippen LogP contribution in [-0.4, -0.2) is 40.7 Å². The summed E-state index contributed by atoms with van der Waals surface area (Å²) >= 11 is 0. The molecule has 1 heterocycles. The van der Waals surface area contributed by atoms with Gasteiger partial charge in [0.25, 0.3) is 0 Å². The number of carbonyl (C=O) groups is 3. The number of nitrogens with two attached hydrogens (primary N) is 1. The summed E-state index contributed by atoms with van der Waals surface area (Å²) in [5, 5.41) is 3.57. The Hall–Kier alpha value is -2.96. The topological polar surface area (TPSA) is 105 Å². The van der Waals surface area contributed by atoms with Crippen molar-refractivity contribution in [3.8, 4) is 0 Å². The van der Waals surface area contributed by atoms with E-state index in [1.165, 1.54) is 11.8 Å². The summed E-state index contributed by atoms with van der Waals surface area (Å²) in [5.41, 5.74) is 6.91. The van der Waals surface area contributed by atoms with E-state index in [4.69, 9.17) is 5.73 Å². The molecular weight excluding hydrogens is 320 g/mol. The highest BCUT2D eigenvalue weighted by Crippen LogP contribution is 2.14. The van der Waals surface area contributed by atoms with Crippen molar-refractivity contribution in [3.63, 3.8) is 0 Å². The van der Waals surface area contributed by atoms with Crippen LogP contribution in [0.15, 0.2) is 36.5 Å². The number of primary amides is 1. The van der Waals surface area contributed by atoms with Crippen molar-refractivity contribution in [1.29, 1.82) is 0 Å². The first-order chi connectivity index (χ1) is 11.9. The molecule has 2 rings (SSSR count). The van der Waals surface area contributed by atoms with Crippen molar-refractivity contribution >= 4 is 28.6 Å². The molecule has 3 N–H and O–H groups in total. The average Bonchev–Trinajstić information content (AvgIpc) is 2.57. The van der Waals surface area contributed by atoms with E-state index in [-0.39, 0.29) is 24.7 Å². The first-order valence-electron chi connectivity index (χ1n) is 8.01. The van der Waals surface area contributed by atoms with Crippen LogP contribution >= 0.6 is 0 Å². The van der Waals surface area contributed by atoms with Crippen molar-refractivity contribution in [2.75, 3.05) is 7.05 Å². The van der Waals surface area contributed by atoms with Crippen molar-refractivity contribution in [1.82, 2.24) is 15.2 Å². The van der Waals surface area contributed by atoms with E-state index in [9.17, 15) is 14.4 Å². The lowest BCUT2D eigenvalue weighted by atomic mass is 10.1. The maximum absolute atomic E-state index is 12.6. The summed E-state index contributed by atoms with van der Waals surface area (Å²) in [6.07, 6.45) is 1.93. The molecule has 0 aliphatic heterocycles. The lowest BCUT2D eigenvalue weighted by Crippen LogP contribution is -2.46. The molecule has 0 saturated carbocycles. The Bertz CT molecular complexity index is 791. The second-order valence-electron chi connectivity index (χ2n) is 5.99. The third-order valence-electron chi connectivity index (χ3n) is 3.80. The number of nitrogens with zero attached hydrogens (tertiary/aromatic N) is 2. The summed E-state index contributed by atoms with van der Waals surface area (Å²) in [6, 6.07) is 8.93. The van der Waals surface area contributed by atoms with E-state index in [2.05, 4.69) is 10.3 Å². The first kappa shape index (κ1) is 18.4. The molecule has 132 valence electrons. The lowest BCUT2D eigenvalue weighted by molar-refractivity contribution is -0.135. The van der Waals surface area contributed by atoms with Crippen molar-refractivity contribution in [3.05, 3.63) is 42.1 Å². The predicted molar refractivity (Wildman–Crippen MR) is 94.3 cm³/mol. The molecule has 0 aliphatic carbocycles. The van der Waals surface area contributed by atoms with Gasteiger partial charge in [0.05, 0.1) is 5.52 Å². The minimum Gasteiger partial charge on any atom is -0.370 e. The third-order valence-corrected chi connectivity index (χ3v) is 3.80. The van der Waals surface area contributed by atoms with Crippen LogP contribution in [0.4, 0.5) is 0 Å². The standard InChI is InChI=1S/C18H22N4O3/c1-12(23)21-16(7-8-17(19)24)18(25)22(2)11-13-9-14-5-3-4-6-15(14)20-10-13/h3-6,9-10,16H,7-8,11H2,1-2H3,(H2,19,24)(H,21,23)/t16-/m0/s1. The van der Waals surface area contributed by atoms with Gasteiger partial charge < -0.3 is 16.0 Å². The molecule has 0 aliphatic rings. The molecule has 0 spiro atoms. The van der Waals surface area contributed by atoms with E-state index < -0.39 is 11.9 Å². The summed E-state index contributed by atoms with van der Waals surface area (Å²) in [4.78, 5) is 40.8. The van der Waals surface area contributed by atoms with Gasteiger partial charge in [0.1, 0.15) is 6.04 Å². The normalized spacial score (nSPS) is 11.8. The quantitative estimate of drug-likeness (QED) is 0.782. The Labute approximate surface area is 146 Å². The Kier molecular flexibility index (Phi) is 6.05. The van der Waals surface area contributed by atoms with Gasteiger partial charge in [0, 0.05) is 38.5 Å². The number of carbonyl (C=O) groups excluding carboxylic acids is 3. The number of fused-ring (bicyclic) bond motifs is 1. The van der Waals surface area contributed by atoms with Gasteiger partial charge in [0.2, 0.25) is 17.7 Å². The van der Waals surface area contributed by atoms with E-state index in [0.29, 0.717) is 6.54 Å². The number of amides is 3. The van der Waals surface area contributed by atoms with E-state index in [1.807, 2.05) is 30.3 Å². The van der Waals surface area contributed by atoms with Crippen molar-refractivity contribution in [2.24, 2.45) is 5.73 Å². The second-order valence-corrected chi connectivity index (χ2v) is 5.99. The number of nitrogens with one attached hydrogen (secondary N) is 1. The SMILES string of the molecule is CC(=O)N[C@@H](CCC(N)=O)C(=O)N(C)Cc1cnc2ccccc2c1. The Balaban J connectivity index is 2.09. The molecule has 1 aromatic heterocycles. The number of aromatic nitrogens is 1. The van der Waals surface area contributed by atoms with Gasteiger partial charge >= 0.3 is 0 Å². The van der Waals surface area contributed by atoms with Crippen molar-refractivity contribution < 1.29 is 14.4 Å². The van der Waals surface area contributed by atoms with E-state index >= 15 is 0 Å². The first-order valence-corrected chi connectivity index (χ1v) is 8.01. The third kappa shape index (κ3) is 5.27. The molecule has 0 radical (unpaired) electrons. The summed E-state index contributed by atoms with van der Waals surface area (Å²) in [7, 11) is 1.65. The van der Waals surface area contributed by atoms with E-state index in [1.54, 1.807) is 13.2 Å². The number of pyridine rings is 1. The number of likely N-dealkylation sites (N-methyl/N-ethyl adjacent to an activating group) is 1. The largest absolute Gasteiger partial charge is 0.370 e. The maximum Gasteiger partial charge on any atom is 0.245 e.